The Balaban J connectivity index is 1.49. The van der Waals surface area contributed by atoms with Crippen molar-refractivity contribution in [3.05, 3.63) is 51.7 Å². The quantitative estimate of drug-likeness (QED) is 0.585. The molecule has 0 saturated heterocycles. The van der Waals surface area contributed by atoms with Crippen LogP contribution in [0.5, 0.6) is 0 Å². The predicted molar refractivity (Wildman–Crippen MR) is 103 cm³/mol. The van der Waals surface area contributed by atoms with Crippen LogP contribution in [0.2, 0.25) is 0 Å². The summed E-state index contributed by atoms with van der Waals surface area (Å²) in [7, 11) is 0. The van der Waals surface area contributed by atoms with E-state index in [2.05, 4.69) is 10.6 Å². The van der Waals surface area contributed by atoms with Gasteiger partial charge in [-0.3, -0.25) is 19.2 Å². The zero-order valence-electron chi connectivity index (χ0n) is 15.2. The third kappa shape index (κ3) is 4.77. The number of carbonyl (C=O) groups excluding carboxylic acids is 4. The van der Waals surface area contributed by atoms with Gasteiger partial charge < -0.3 is 21.1 Å². The molecule has 0 aliphatic heterocycles. The summed E-state index contributed by atoms with van der Waals surface area (Å²) in [5, 5.41) is 5.10. The molecule has 1 aromatic heterocycles. The van der Waals surface area contributed by atoms with Gasteiger partial charge in [0.25, 0.3) is 17.7 Å². The van der Waals surface area contributed by atoms with Crippen molar-refractivity contribution in [2.24, 2.45) is 5.73 Å². The molecule has 0 unspecified atom stereocenters. The van der Waals surface area contributed by atoms with Crippen LogP contribution < -0.4 is 16.4 Å². The lowest BCUT2D eigenvalue weighted by Crippen LogP contribution is -2.32. The van der Waals surface area contributed by atoms with Crippen molar-refractivity contribution in [3.63, 3.8) is 0 Å². The first kappa shape index (κ1) is 20.5. The minimum Gasteiger partial charge on any atom is -0.454 e. The molecule has 29 heavy (non-hydrogen) atoms. The Morgan fingerprint density at radius 2 is 1.93 bits per heavy atom. The molecule has 1 heterocycles. The van der Waals surface area contributed by atoms with Gasteiger partial charge in [0.05, 0.1) is 11.1 Å². The van der Waals surface area contributed by atoms with Crippen LogP contribution in [-0.2, 0) is 27.2 Å². The van der Waals surface area contributed by atoms with Crippen molar-refractivity contribution >= 4 is 40.0 Å². The van der Waals surface area contributed by atoms with Gasteiger partial charge in [-0.2, -0.15) is 0 Å². The number of hydrogen-bond donors (Lipinski definition) is 3. The molecule has 4 N–H and O–H groups in total. The summed E-state index contributed by atoms with van der Waals surface area (Å²) in [6.07, 6.45) is 2.50. The fraction of sp³-hybridized carbons (Fsp3) is 0.263. The smallest absolute Gasteiger partial charge is 0.325 e. The number of halogens is 1. The fourth-order valence-electron chi connectivity index (χ4n) is 3.01. The first-order valence-electron chi connectivity index (χ1n) is 8.79. The van der Waals surface area contributed by atoms with Gasteiger partial charge in [-0.25, -0.2) is 4.39 Å². The Labute approximate surface area is 169 Å². The summed E-state index contributed by atoms with van der Waals surface area (Å²) in [6.45, 7) is -1.13. The van der Waals surface area contributed by atoms with Crippen molar-refractivity contribution in [1.29, 1.82) is 0 Å². The Hall–Kier alpha value is -3.27. The van der Waals surface area contributed by atoms with Crippen molar-refractivity contribution in [3.8, 4) is 0 Å². The van der Waals surface area contributed by atoms with Gasteiger partial charge in [0.1, 0.15) is 17.4 Å². The highest BCUT2D eigenvalue weighted by molar-refractivity contribution is 7.17. The number of esters is 1. The summed E-state index contributed by atoms with van der Waals surface area (Å²) in [6, 6.07) is 5.32. The second-order valence-corrected chi connectivity index (χ2v) is 7.40. The number of amides is 3. The number of nitrogens with one attached hydrogen (secondary N) is 2. The van der Waals surface area contributed by atoms with E-state index in [-0.39, 0.29) is 5.56 Å². The average Bonchev–Trinajstić information content (AvgIpc) is 3.25. The normalized spacial score (nSPS) is 12.2. The number of hydrogen-bond acceptors (Lipinski definition) is 6. The lowest BCUT2D eigenvalue weighted by Gasteiger charge is -2.08. The van der Waals surface area contributed by atoms with Crippen LogP contribution >= 0.6 is 11.3 Å². The Morgan fingerprint density at radius 1 is 1.17 bits per heavy atom. The number of ether oxygens (including phenoxy) is 1. The van der Waals surface area contributed by atoms with Crippen LogP contribution in [0.3, 0.4) is 0 Å². The molecule has 1 aliphatic carbocycles. The first-order valence-corrected chi connectivity index (χ1v) is 9.61. The molecule has 3 amide bonds. The van der Waals surface area contributed by atoms with E-state index >= 15 is 0 Å². The van der Waals surface area contributed by atoms with Crippen LogP contribution in [0.15, 0.2) is 24.3 Å². The zero-order chi connectivity index (χ0) is 21.0. The molecule has 0 saturated carbocycles. The number of fused-ring (bicyclic) bond motifs is 1. The van der Waals surface area contributed by atoms with Crippen molar-refractivity contribution < 1.29 is 28.3 Å². The minimum absolute atomic E-state index is 0.206. The number of aryl methyl sites for hydroxylation is 1. The zero-order valence-corrected chi connectivity index (χ0v) is 16.1. The number of primary amides is 1. The van der Waals surface area contributed by atoms with Gasteiger partial charge in [-0.15, -0.1) is 11.3 Å². The monoisotopic (exact) mass is 419 g/mol. The number of carbonyl (C=O) groups is 4. The van der Waals surface area contributed by atoms with E-state index < -0.39 is 42.7 Å². The Bertz CT molecular complexity index is 988. The van der Waals surface area contributed by atoms with Crippen molar-refractivity contribution in [2.45, 2.75) is 19.3 Å². The summed E-state index contributed by atoms with van der Waals surface area (Å²) in [5.41, 5.74) is 6.39. The van der Waals surface area contributed by atoms with Gasteiger partial charge in [0.2, 0.25) is 0 Å². The van der Waals surface area contributed by atoms with Gasteiger partial charge in [-0.1, -0.05) is 12.1 Å². The number of thiophene rings is 1. The summed E-state index contributed by atoms with van der Waals surface area (Å²) < 4.78 is 18.3. The van der Waals surface area contributed by atoms with E-state index in [4.69, 9.17) is 10.5 Å². The maximum Gasteiger partial charge on any atom is 0.325 e. The maximum atomic E-state index is 13.5. The number of nitrogens with two attached hydrogens (primary N) is 1. The second-order valence-electron chi connectivity index (χ2n) is 6.30. The highest BCUT2D eigenvalue weighted by Crippen LogP contribution is 2.38. The molecule has 0 bridgehead atoms. The SMILES string of the molecule is NC(=O)c1c(NC(=O)COC(=O)CNC(=O)c2ccccc2F)sc2c1CCC2. The molecule has 0 atom stereocenters. The Kier molecular flexibility index (Phi) is 6.23. The predicted octanol–water partition coefficient (Wildman–Crippen LogP) is 1.39. The Morgan fingerprint density at radius 3 is 2.66 bits per heavy atom. The third-order valence-corrected chi connectivity index (χ3v) is 5.50. The molecule has 1 aliphatic rings. The standard InChI is InChI=1S/C19H18FN3O5S/c20-12-6-2-1-4-10(12)18(27)22-8-15(25)28-9-14(24)23-19-16(17(21)26)11-5-3-7-13(11)29-19/h1-2,4,6H,3,5,7-9H2,(H2,21,26)(H,22,27)(H,23,24). The summed E-state index contributed by atoms with van der Waals surface area (Å²) >= 11 is 1.29. The fourth-order valence-corrected chi connectivity index (χ4v) is 4.32. The van der Waals surface area contributed by atoms with Crippen LogP contribution in [0.4, 0.5) is 9.39 Å². The van der Waals surface area contributed by atoms with Crippen molar-refractivity contribution in [1.82, 2.24) is 5.32 Å². The van der Waals surface area contributed by atoms with Crippen LogP contribution in [0.25, 0.3) is 0 Å². The average molecular weight is 419 g/mol. The lowest BCUT2D eigenvalue weighted by atomic mass is 10.1. The molecule has 3 rings (SSSR count). The molecular weight excluding hydrogens is 401 g/mol. The first-order chi connectivity index (χ1) is 13.9. The minimum atomic E-state index is -0.867. The topological polar surface area (TPSA) is 128 Å². The molecule has 10 heteroatoms. The maximum absolute atomic E-state index is 13.5. The van der Waals surface area contributed by atoms with E-state index in [1.54, 1.807) is 0 Å². The summed E-state index contributed by atoms with van der Waals surface area (Å²) in [5.74, 6) is -3.61. The molecule has 0 fully saturated rings. The highest BCUT2D eigenvalue weighted by Gasteiger charge is 2.26. The van der Waals surface area contributed by atoms with E-state index in [1.165, 1.54) is 29.5 Å². The molecular formula is C19H18FN3O5S. The van der Waals surface area contributed by atoms with Gasteiger partial charge >= 0.3 is 5.97 Å². The number of benzene rings is 1. The molecule has 2 aromatic rings. The molecule has 1 aromatic carbocycles. The van der Waals surface area contributed by atoms with E-state index in [1.807, 2.05) is 0 Å². The molecule has 0 radical (unpaired) electrons. The second kappa shape index (κ2) is 8.82. The molecule has 152 valence electrons. The van der Waals surface area contributed by atoms with Crippen LogP contribution in [-0.4, -0.2) is 36.8 Å². The van der Waals surface area contributed by atoms with Crippen LogP contribution in [0.1, 0.15) is 37.6 Å². The number of rotatable bonds is 7. The summed E-state index contributed by atoms with van der Waals surface area (Å²) in [4.78, 5) is 48.3. The van der Waals surface area contributed by atoms with E-state index in [0.29, 0.717) is 10.6 Å². The third-order valence-electron chi connectivity index (χ3n) is 4.30. The number of anilines is 1. The van der Waals surface area contributed by atoms with Crippen LogP contribution in [0, 0.1) is 5.82 Å². The van der Waals surface area contributed by atoms with Gasteiger partial charge in [0.15, 0.2) is 6.61 Å². The highest BCUT2D eigenvalue weighted by atomic mass is 32.1. The molecule has 0 spiro atoms. The van der Waals surface area contributed by atoms with Gasteiger partial charge in [-0.05, 0) is 37.0 Å². The van der Waals surface area contributed by atoms with E-state index in [9.17, 15) is 23.6 Å². The molecule has 8 nitrogen and oxygen atoms in total. The van der Waals surface area contributed by atoms with Gasteiger partial charge in [0, 0.05) is 4.88 Å². The lowest BCUT2D eigenvalue weighted by molar-refractivity contribution is -0.146. The van der Waals surface area contributed by atoms with Crippen molar-refractivity contribution in [2.75, 3.05) is 18.5 Å². The van der Waals surface area contributed by atoms with E-state index in [0.717, 1.165) is 35.8 Å². The largest absolute Gasteiger partial charge is 0.454 e.